The summed E-state index contributed by atoms with van der Waals surface area (Å²) >= 11 is 4.52. The van der Waals surface area contributed by atoms with Crippen LogP contribution in [0.15, 0.2) is 39.5 Å². The van der Waals surface area contributed by atoms with Crippen LogP contribution < -0.4 is 5.32 Å². The molecule has 0 spiro atoms. The average molecular weight is 378 g/mol. The van der Waals surface area contributed by atoms with Gasteiger partial charge in [0.25, 0.3) is 5.91 Å². The molecule has 1 amide bonds. The topological polar surface area (TPSA) is 29.1 Å². The SMILES string of the molecule is O=C(NCCc1ccsc1)c1ccc(Br)cc1C(F)(F)F. The minimum Gasteiger partial charge on any atom is -0.352 e. The maximum absolute atomic E-state index is 12.9. The molecule has 0 atom stereocenters. The molecule has 112 valence electrons. The van der Waals surface area contributed by atoms with Crippen LogP contribution in [0.5, 0.6) is 0 Å². The van der Waals surface area contributed by atoms with Crippen LogP contribution >= 0.6 is 27.3 Å². The van der Waals surface area contributed by atoms with Crippen LogP contribution in [0.25, 0.3) is 0 Å². The summed E-state index contributed by atoms with van der Waals surface area (Å²) in [7, 11) is 0. The molecule has 1 heterocycles. The van der Waals surface area contributed by atoms with Crippen LogP contribution in [-0.2, 0) is 12.6 Å². The molecule has 0 radical (unpaired) electrons. The summed E-state index contributed by atoms with van der Waals surface area (Å²) in [6.07, 6.45) is -3.98. The van der Waals surface area contributed by atoms with Crippen molar-refractivity contribution >= 4 is 33.2 Å². The Labute approximate surface area is 132 Å². The number of hydrogen-bond donors (Lipinski definition) is 1. The van der Waals surface area contributed by atoms with E-state index in [1.54, 1.807) is 0 Å². The third-order valence-corrected chi connectivity index (χ3v) is 4.04. The van der Waals surface area contributed by atoms with Gasteiger partial charge in [0.2, 0.25) is 0 Å². The molecule has 0 saturated heterocycles. The highest BCUT2D eigenvalue weighted by atomic mass is 79.9. The number of benzene rings is 1. The molecule has 7 heteroatoms. The first-order valence-corrected chi connectivity index (χ1v) is 7.77. The Morgan fingerprint density at radius 3 is 2.67 bits per heavy atom. The largest absolute Gasteiger partial charge is 0.417 e. The molecule has 0 unspecified atom stereocenters. The summed E-state index contributed by atoms with van der Waals surface area (Å²) in [5, 5.41) is 6.37. The van der Waals surface area contributed by atoms with E-state index in [0.717, 1.165) is 11.6 Å². The van der Waals surface area contributed by atoms with Gasteiger partial charge in [0.05, 0.1) is 11.1 Å². The molecule has 2 rings (SSSR count). The van der Waals surface area contributed by atoms with Crippen LogP contribution in [0.3, 0.4) is 0 Å². The van der Waals surface area contributed by atoms with Crippen LogP contribution in [0.4, 0.5) is 13.2 Å². The van der Waals surface area contributed by atoms with Gasteiger partial charge < -0.3 is 5.32 Å². The van der Waals surface area contributed by atoms with Crippen molar-refractivity contribution in [3.05, 3.63) is 56.2 Å². The third-order valence-electron chi connectivity index (χ3n) is 2.81. The first-order chi connectivity index (χ1) is 9.88. The highest BCUT2D eigenvalue weighted by Crippen LogP contribution is 2.33. The van der Waals surface area contributed by atoms with E-state index in [4.69, 9.17) is 0 Å². The second-order valence-corrected chi connectivity index (χ2v) is 6.02. The number of alkyl halides is 3. The predicted octanol–water partition coefficient (Wildman–Crippen LogP) is 4.50. The Balaban J connectivity index is 2.08. The quantitative estimate of drug-likeness (QED) is 0.834. The lowest BCUT2D eigenvalue weighted by molar-refractivity contribution is -0.138. The lowest BCUT2D eigenvalue weighted by Crippen LogP contribution is -2.28. The van der Waals surface area contributed by atoms with E-state index in [1.807, 2.05) is 16.8 Å². The molecule has 0 aliphatic rings. The molecule has 2 nitrogen and oxygen atoms in total. The Morgan fingerprint density at radius 2 is 2.05 bits per heavy atom. The standard InChI is InChI=1S/C14H11BrF3NOS/c15-10-1-2-11(12(7-10)14(16,17)18)13(20)19-5-3-9-4-6-21-8-9/h1-2,4,6-8H,3,5H2,(H,19,20). The van der Waals surface area contributed by atoms with Gasteiger partial charge in [-0.15, -0.1) is 0 Å². The molecule has 2 aromatic rings. The Kier molecular flexibility index (Phi) is 5.05. The number of nitrogens with one attached hydrogen (secondary N) is 1. The zero-order valence-electron chi connectivity index (χ0n) is 10.7. The van der Waals surface area contributed by atoms with Crippen molar-refractivity contribution in [1.29, 1.82) is 0 Å². The summed E-state index contributed by atoms with van der Waals surface area (Å²) in [6, 6.07) is 5.42. The molecule has 0 bridgehead atoms. The van der Waals surface area contributed by atoms with Crippen molar-refractivity contribution in [1.82, 2.24) is 5.32 Å². The average Bonchev–Trinajstić information content (AvgIpc) is 2.90. The fourth-order valence-electron chi connectivity index (χ4n) is 1.80. The van der Waals surface area contributed by atoms with Crippen LogP contribution in [0, 0.1) is 0 Å². The van der Waals surface area contributed by atoms with Gasteiger partial charge in [0, 0.05) is 11.0 Å². The summed E-state index contributed by atoms with van der Waals surface area (Å²) in [5.74, 6) is -0.718. The highest BCUT2D eigenvalue weighted by molar-refractivity contribution is 9.10. The Bertz CT molecular complexity index is 626. The third kappa shape index (κ3) is 4.31. The maximum atomic E-state index is 12.9. The van der Waals surface area contributed by atoms with Gasteiger partial charge in [-0.05, 0) is 47.0 Å². The maximum Gasteiger partial charge on any atom is 0.417 e. The van der Waals surface area contributed by atoms with Crippen molar-refractivity contribution in [2.75, 3.05) is 6.54 Å². The van der Waals surface area contributed by atoms with Gasteiger partial charge in [-0.25, -0.2) is 0 Å². The fraction of sp³-hybridized carbons (Fsp3) is 0.214. The van der Waals surface area contributed by atoms with E-state index in [2.05, 4.69) is 21.2 Å². The number of rotatable bonds is 4. The van der Waals surface area contributed by atoms with E-state index in [9.17, 15) is 18.0 Å². The zero-order chi connectivity index (χ0) is 15.5. The molecule has 21 heavy (non-hydrogen) atoms. The number of hydrogen-bond acceptors (Lipinski definition) is 2. The van der Waals surface area contributed by atoms with Crippen molar-refractivity contribution < 1.29 is 18.0 Å². The molecular formula is C14H11BrF3NOS. The minimum atomic E-state index is -4.57. The first kappa shape index (κ1) is 16.0. The van der Waals surface area contributed by atoms with Crippen molar-refractivity contribution in [3.8, 4) is 0 Å². The van der Waals surface area contributed by atoms with Crippen molar-refractivity contribution in [3.63, 3.8) is 0 Å². The molecular weight excluding hydrogens is 367 g/mol. The van der Waals surface area contributed by atoms with Gasteiger partial charge in [-0.2, -0.15) is 24.5 Å². The van der Waals surface area contributed by atoms with Crippen molar-refractivity contribution in [2.24, 2.45) is 0 Å². The number of amides is 1. The highest BCUT2D eigenvalue weighted by Gasteiger charge is 2.35. The number of halogens is 4. The summed E-state index contributed by atoms with van der Waals surface area (Å²) < 4.78 is 39.1. The van der Waals surface area contributed by atoms with Crippen LogP contribution in [-0.4, -0.2) is 12.5 Å². The van der Waals surface area contributed by atoms with E-state index in [0.29, 0.717) is 13.0 Å². The Morgan fingerprint density at radius 1 is 1.29 bits per heavy atom. The Hall–Kier alpha value is -1.34. The van der Waals surface area contributed by atoms with Crippen LogP contribution in [0.1, 0.15) is 21.5 Å². The minimum absolute atomic E-state index is 0.282. The lowest BCUT2D eigenvalue weighted by Gasteiger charge is -2.13. The number of carbonyl (C=O) groups is 1. The van der Waals surface area contributed by atoms with Gasteiger partial charge in [-0.3, -0.25) is 4.79 Å². The normalized spacial score (nSPS) is 11.4. The van der Waals surface area contributed by atoms with Crippen molar-refractivity contribution in [2.45, 2.75) is 12.6 Å². The molecule has 1 N–H and O–H groups in total. The zero-order valence-corrected chi connectivity index (χ0v) is 13.1. The van der Waals surface area contributed by atoms with E-state index in [1.165, 1.54) is 23.5 Å². The summed E-state index contributed by atoms with van der Waals surface area (Å²) in [4.78, 5) is 11.9. The van der Waals surface area contributed by atoms with Gasteiger partial charge in [-0.1, -0.05) is 15.9 Å². The smallest absolute Gasteiger partial charge is 0.352 e. The van der Waals surface area contributed by atoms with Crippen LogP contribution in [0.2, 0.25) is 0 Å². The second kappa shape index (κ2) is 6.62. The number of thiophene rings is 1. The lowest BCUT2D eigenvalue weighted by atomic mass is 10.1. The molecule has 0 saturated carbocycles. The fourth-order valence-corrected chi connectivity index (χ4v) is 2.86. The molecule has 1 aromatic carbocycles. The van der Waals surface area contributed by atoms with E-state index in [-0.39, 0.29) is 10.0 Å². The second-order valence-electron chi connectivity index (χ2n) is 4.33. The molecule has 0 aliphatic heterocycles. The van der Waals surface area contributed by atoms with Gasteiger partial charge >= 0.3 is 6.18 Å². The predicted molar refractivity (Wildman–Crippen MR) is 79.5 cm³/mol. The van der Waals surface area contributed by atoms with E-state index < -0.39 is 17.6 Å². The van der Waals surface area contributed by atoms with Gasteiger partial charge in [0.1, 0.15) is 0 Å². The number of carbonyl (C=O) groups excluding carboxylic acids is 1. The van der Waals surface area contributed by atoms with E-state index >= 15 is 0 Å². The molecule has 1 aromatic heterocycles. The summed E-state index contributed by atoms with van der Waals surface area (Å²) in [5.41, 5.74) is -0.256. The molecule has 0 aliphatic carbocycles. The van der Waals surface area contributed by atoms with Gasteiger partial charge in [0.15, 0.2) is 0 Å². The molecule has 0 fully saturated rings. The first-order valence-electron chi connectivity index (χ1n) is 6.04. The monoisotopic (exact) mass is 377 g/mol. The summed E-state index contributed by atoms with van der Waals surface area (Å²) in [6.45, 7) is 0.295.